The molecule has 0 fully saturated rings. The van der Waals surface area contributed by atoms with Crippen LogP contribution < -0.4 is 0 Å². The first-order chi connectivity index (χ1) is 18.7. The number of allylic oxidation sites excluding steroid dienone is 2. The molecule has 0 radical (unpaired) electrons. The number of rotatable bonds is 6. The Kier molecular flexibility index (Phi) is 6.59. The maximum Gasteiger partial charge on any atom is 0.103 e. The van der Waals surface area contributed by atoms with Gasteiger partial charge in [-0.05, 0) is 80.3 Å². The number of hydrogen-bond acceptors (Lipinski definition) is 0. The predicted molar refractivity (Wildman–Crippen MR) is 173 cm³/mol. The van der Waals surface area contributed by atoms with E-state index in [0.29, 0.717) is 11.8 Å². The average molecular weight is 525 g/mol. The van der Waals surface area contributed by atoms with Gasteiger partial charge in [0.2, 0.25) is 0 Å². The molecule has 0 amide bonds. The topological polar surface area (TPSA) is 0 Å². The van der Waals surface area contributed by atoms with Crippen LogP contribution in [0.25, 0.3) is 34.4 Å². The van der Waals surface area contributed by atoms with Crippen molar-refractivity contribution in [1.29, 1.82) is 0 Å². The Morgan fingerprint density at radius 1 is 0.513 bits per heavy atom. The summed E-state index contributed by atoms with van der Waals surface area (Å²) in [4.78, 5) is 0. The molecule has 0 nitrogen and oxygen atoms in total. The van der Waals surface area contributed by atoms with Gasteiger partial charge < -0.3 is 0 Å². The second-order valence-electron chi connectivity index (χ2n) is 12.6. The summed E-state index contributed by atoms with van der Waals surface area (Å²) in [7, 11) is -1.81. The van der Waals surface area contributed by atoms with Gasteiger partial charge in [-0.15, -0.1) is 0 Å². The number of fused-ring (bicyclic) bond motifs is 2. The van der Waals surface area contributed by atoms with Crippen LogP contribution in [-0.2, 0) is 12.8 Å². The van der Waals surface area contributed by atoms with Crippen LogP contribution in [0.3, 0.4) is 0 Å². The summed E-state index contributed by atoms with van der Waals surface area (Å²) < 4.78 is 0. The Morgan fingerprint density at radius 3 is 1.26 bits per heavy atom. The third-order valence-corrected chi connectivity index (χ3v) is 13.0. The molecule has 4 aromatic carbocycles. The molecule has 6 rings (SSSR count). The molecule has 0 unspecified atom stereocenters. The average Bonchev–Trinajstić information content (AvgIpc) is 3.59. The molecule has 4 aromatic rings. The minimum Gasteiger partial charge on any atom is -0.0714 e. The summed E-state index contributed by atoms with van der Waals surface area (Å²) in [5.74, 6) is 1.12. The molecule has 0 N–H and O–H groups in total. The second-order valence-corrected chi connectivity index (χ2v) is 17.2. The van der Waals surface area contributed by atoms with Crippen molar-refractivity contribution in [3.63, 3.8) is 0 Å². The highest BCUT2D eigenvalue weighted by atomic mass is 28.3. The van der Waals surface area contributed by atoms with Crippen LogP contribution in [0.1, 0.15) is 72.9 Å². The van der Waals surface area contributed by atoms with Crippen molar-refractivity contribution in [2.75, 3.05) is 0 Å². The lowest BCUT2D eigenvalue weighted by molar-refractivity contribution is 0.867. The Balaban J connectivity index is 1.33. The molecular formula is C38H40Si. The van der Waals surface area contributed by atoms with E-state index in [-0.39, 0.29) is 0 Å². The van der Waals surface area contributed by atoms with Crippen molar-refractivity contribution in [2.45, 2.75) is 65.5 Å². The highest BCUT2D eigenvalue weighted by Gasteiger charge is 2.36. The maximum atomic E-state index is 2.57. The summed E-state index contributed by atoms with van der Waals surface area (Å²) in [5.41, 5.74) is 14.0. The van der Waals surface area contributed by atoms with E-state index in [1.54, 1.807) is 10.4 Å². The van der Waals surface area contributed by atoms with Gasteiger partial charge in [0.1, 0.15) is 8.07 Å². The van der Waals surface area contributed by atoms with Crippen molar-refractivity contribution < 1.29 is 0 Å². The third-order valence-electron chi connectivity index (χ3n) is 9.17. The smallest absolute Gasteiger partial charge is 0.0714 e. The molecular weight excluding hydrogens is 485 g/mol. The standard InChI is InChI=1S/C38H40Si/c1-25(2)27-13-17-29(18-14-27)35-11-7-9-31-21-33(23-37(31)35)39(5,6)34-22-32-10-8-12-36(38(32)24-34)30-19-15-28(16-20-30)26(3)4/h7-20,23-26H,21-22H2,1-6H3. The van der Waals surface area contributed by atoms with E-state index in [4.69, 9.17) is 0 Å². The van der Waals surface area contributed by atoms with Crippen LogP contribution in [0.15, 0.2) is 95.3 Å². The molecule has 0 saturated carbocycles. The minimum absolute atomic E-state index is 0.558. The lowest BCUT2D eigenvalue weighted by atomic mass is 9.94. The van der Waals surface area contributed by atoms with Crippen LogP contribution in [0, 0.1) is 0 Å². The van der Waals surface area contributed by atoms with Gasteiger partial charge in [0.05, 0.1) is 0 Å². The third kappa shape index (κ3) is 4.68. The Morgan fingerprint density at radius 2 is 0.897 bits per heavy atom. The molecule has 2 aliphatic carbocycles. The first kappa shape index (κ1) is 25.8. The zero-order chi connectivity index (χ0) is 27.3. The Hall–Kier alpha value is -3.42. The van der Waals surface area contributed by atoms with Crippen molar-refractivity contribution in [1.82, 2.24) is 0 Å². The van der Waals surface area contributed by atoms with E-state index in [1.807, 2.05) is 0 Å². The van der Waals surface area contributed by atoms with E-state index >= 15 is 0 Å². The van der Waals surface area contributed by atoms with Crippen molar-refractivity contribution in [3.8, 4) is 22.3 Å². The van der Waals surface area contributed by atoms with Gasteiger partial charge in [-0.25, -0.2) is 0 Å². The van der Waals surface area contributed by atoms with Crippen molar-refractivity contribution >= 4 is 20.2 Å². The Bertz CT molecular complexity index is 1470. The van der Waals surface area contributed by atoms with Crippen LogP contribution in [0.2, 0.25) is 13.1 Å². The molecule has 2 aliphatic rings. The first-order valence-corrected chi connectivity index (χ1v) is 17.6. The van der Waals surface area contributed by atoms with Crippen LogP contribution in [0.4, 0.5) is 0 Å². The van der Waals surface area contributed by atoms with E-state index in [2.05, 4.69) is 138 Å². The van der Waals surface area contributed by atoms with Crippen LogP contribution >= 0.6 is 0 Å². The van der Waals surface area contributed by atoms with E-state index < -0.39 is 8.07 Å². The predicted octanol–water partition coefficient (Wildman–Crippen LogP) is 10.6. The van der Waals surface area contributed by atoms with Gasteiger partial charge in [0.25, 0.3) is 0 Å². The lowest BCUT2D eigenvalue weighted by Crippen LogP contribution is -2.32. The molecule has 0 aliphatic heterocycles. The second kappa shape index (κ2) is 9.95. The highest BCUT2D eigenvalue weighted by Crippen LogP contribution is 2.43. The lowest BCUT2D eigenvalue weighted by Gasteiger charge is -2.26. The molecule has 0 saturated heterocycles. The fourth-order valence-corrected chi connectivity index (χ4v) is 9.03. The van der Waals surface area contributed by atoms with Gasteiger partial charge in [0.15, 0.2) is 0 Å². The van der Waals surface area contributed by atoms with Crippen LogP contribution in [-0.4, -0.2) is 8.07 Å². The summed E-state index contributed by atoms with van der Waals surface area (Å²) in [6.45, 7) is 14.2. The molecule has 0 atom stereocenters. The molecule has 0 heterocycles. The summed E-state index contributed by atoms with van der Waals surface area (Å²) >= 11 is 0. The minimum atomic E-state index is -1.81. The first-order valence-electron chi connectivity index (χ1n) is 14.6. The van der Waals surface area contributed by atoms with Gasteiger partial charge in [-0.3, -0.25) is 0 Å². The van der Waals surface area contributed by atoms with Gasteiger partial charge in [0, 0.05) is 0 Å². The summed E-state index contributed by atoms with van der Waals surface area (Å²) in [6.07, 6.45) is 7.29. The summed E-state index contributed by atoms with van der Waals surface area (Å²) in [5, 5.41) is 3.32. The van der Waals surface area contributed by atoms with E-state index in [0.717, 1.165) is 12.8 Å². The largest absolute Gasteiger partial charge is 0.103 e. The van der Waals surface area contributed by atoms with Crippen molar-refractivity contribution in [2.24, 2.45) is 0 Å². The van der Waals surface area contributed by atoms with Gasteiger partial charge in [-0.2, -0.15) is 0 Å². The van der Waals surface area contributed by atoms with Gasteiger partial charge in [-0.1, -0.05) is 148 Å². The molecule has 0 spiro atoms. The summed E-state index contributed by atoms with van der Waals surface area (Å²) in [6, 6.07) is 32.2. The van der Waals surface area contributed by atoms with Crippen molar-refractivity contribution in [3.05, 3.63) is 129 Å². The fourth-order valence-electron chi connectivity index (χ4n) is 6.34. The van der Waals surface area contributed by atoms with Crippen LogP contribution in [0.5, 0.6) is 0 Å². The molecule has 196 valence electrons. The zero-order valence-corrected chi connectivity index (χ0v) is 25.3. The molecule has 0 bridgehead atoms. The number of benzene rings is 4. The SMILES string of the molecule is CC(C)c1ccc(-c2cccc3c2C=C([Si](C)(C)C2=Cc4c(cccc4-c4ccc(C(C)C)cc4)C2)C3)cc1. The monoisotopic (exact) mass is 524 g/mol. The molecule has 1 heteroatoms. The fraction of sp³-hybridized carbons (Fsp3) is 0.263. The highest BCUT2D eigenvalue weighted by molar-refractivity contribution is 6.92. The van der Waals surface area contributed by atoms with E-state index in [1.165, 1.54) is 55.6 Å². The van der Waals surface area contributed by atoms with Gasteiger partial charge >= 0.3 is 0 Å². The number of hydrogen-bond donors (Lipinski definition) is 0. The Labute approximate surface area is 236 Å². The molecule has 39 heavy (non-hydrogen) atoms. The maximum absolute atomic E-state index is 2.57. The zero-order valence-electron chi connectivity index (χ0n) is 24.3. The van der Waals surface area contributed by atoms with E-state index in [9.17, 15) is 0 Å². The normalized spacial score (nSPS) is 14.5. The molecule has 0 aromatic heterocycles. The quantitative estimate of drug-likeness (QED) is 0.220.